The van der Waals surface area contributed by atoms with Crippen LogP contribution in [0.25, 0.3) is 0 Å². The van der Waals surface area contributed by atoms with Crippen LogP contribution in [-0.2, 0) is 6.61 Å². The van der Waals surface area contributed by atoms with Crippen LogP contribution in [-0.4, -0.2) is 16.1 Å². The van der Waals surface area contributed by atoms with Gasteiger partial charge in [-0.3, -0.25) is 10.1 Å². The first-order chi connectivity index (χ1) is 9.49. The van der Waals surface area contributed by atoms with Gasteiger partial charge in [-0.05, 0) is 37.2 Å². The lowest BCUT2D eigenvalue weighted by atomic mass is 9.82. The Morgan fingerprint density at radius 1 is 1.30 bits per heavy atom. The molecule has 0 bridgehead atoms. The number of hydrogen-bond acceptors (Lipinski definition) is 4. The van der Waals surface area contributed by atoms with Crippen molar-refractivity contribution in [3.8, 4) is 5.75 Å². The average Bonchev–Trinajstić information content (AvgIpc) is 2.37. The third kappa shape index (κ3) is 3.48. The van der Waals surface area contributed by atoms with Crippen LogP contribution in [0.2, 0.25) is 0 Å². The van der Waals surface area contributed by atoms with Gasteiger partial charge in [-0.15, -0.1) is 0 Å². The first kappa shape index (κ1) is 14.8. The topological polar surface area (TPSA) is 72.6 Å². The summed E-state index contributed by atoms with van der Waals surface area (Å²) in [5.74, 6) is 1.81. The van der Waals surface area contributed by atoms with E-state index in [9.17, 15) is 15.2 Å². The molecule has 1 aliphatic carbocycles. The molecule has 20 heavy (non-hydrogen) atoms. The zero-order chi connectivity index (χ0) is 14.7. The van der Waals surface area contributed by atoms with Gasteiger partial charge in [0.2, 0.25) is 0 Å². The molecular weight excluding hydrogens is 258 g/mol. The van der Waals surface area contributed by atoms with Gasteiger partial charge in [-0.25, -0.2) is 0 Å². The Labute approximate surface area is 118 Å². The summed E-state index contributed by atoms with van der Waals surface area (Å²) >= 11 is 0. The van der Waals surface area contributed by atoms with Crippen LogP contribution >= 0.6 is 0 Å². The fourth-order valence-electron chi connectivity index (χ4n) is 3.07. The Morgan fingerprint density at radius 2 is 1.95 bits per heavy atom. The number of nitrogens with zero attached hydrogens (tertiary/aromatic N) is 1. The fourth-order valence-corrected chi connectivity index (χ4v) is 3.07. The Bertz CT molecular complexity index is 479. The minimum atomic E-state index is -0.465. The van der Waals surface area contributed by atoms with Gasteiger partial charge < -0.3 is 9.84 Å². The highest BCUT2D eigenvalue weighted by Gasteiger charge is 2.26. The SMILES string of the molecule is CC1CC(C)CC(Oc2ccc([N+](=O)[O-])cc2CO)C1. The quantitative estimate of drug-likeness (QED) is 0.678. The van der Waals surface area contributed by atoms with Crippen LogP contribution in [0.1, 0.15) is 38.7 Å². The minimum Gasteiger partial charge on any atom is -0.490 e. The molecule has 5 heteroatoms. The summed E-state index contributed by atoms with van der Waals surface area (Å²) in [5, 5.41) is 20.1. The molecule has 2 rings (SSSR count). The molecular formula is C15H21NO4. The van der Waals surface area contributed by atoms with Gasteiger partial charge in [0, 0.05) is 17.7 Å². The lowest BCUT2D eigenvalue weighted by Gasteiger charge is -2.32. The molecule has 1 aliphatic rings. The summed E-state index contributed by atoms with van der Waals surface area (Å²) in [4.78, 5) is 10.3. The number of aliphatic hydroxyl groups is 1. The summed E-state index contributed by atoms with van der Waals surface area (Å²) < 4.78 is 5.97. The van der Waals surface area contributed by atoms with Crippen LogP contribution in [0.4, 0.5) is 5.69 Å². The number of rotatable bonds is 4. The van der Waals surface area contributed by atoms with Crippen molar-refractivity contribution in [2.75, 3.05) is 0 Å². The average molecular weight is 279 g/mol. The largest absolute Gasteiger partial charge is 0.490 e. The van der Waals surface area contributed by atoms with Crippen molar-refractivity contribution in [1.29, 1.82) is 0 Å². The molecule has 1 N–H and O–H groups in total. The second kappa shape index (κ2) is 6.22. The Kier molecular flexibility index (Phi) is 4.60. The summed E-state index contributed by atoms with van der Waals surface area (Å²) in [5.41, 5.74) is 0.455. The van der Waals surface area contributed by atoms with E-state index in [0.29, 0.717) is 23.1 Å². The maximum atomic E-state index is 10.7. The highest BCUT2D eigenvalue weighted by Crippen LogP contribution is 2.33. The van der Waals surface area contributed by atoms with E-state index in [1.807, 2.05) is 0 Å². The number of non-ortho nitro benzene ring substituents is 1. The van der Waals surface area contributed by atoms with E-state index in [1.165, 1.54) is 18.6 Å². The maximum Gasteiger partial charge on any atom is 0.270 e. The Balaban J connectivity index is 2.14. The van der Waals surface area contributed by atoms with Crippen LogP contribution in [0.15, 0.2) is 18.2 Å². The standard InChI is InChI=1S/C15H21NO4/c1-10-5-11(2)7-14(6-10)20-15-4-3-13(16(18)19)8-12(15)9-17/h3-4,8,10-11,14,17H,5-7,9H2,1-2H3. The molecule has 1 saturated carbocycles. The van der Waals surface area contributed by atoms with Crippen molar-refractivity contribution < 1.29 is 14.8 Å². The van der Waals surface area contributed by atoms with Crippen LogP contribution < -0.4 is 4.74 Å². The van der Waals surface area contributed by atoms with Crippen molar-refractivity contribution >= 4 is 5.69 Å². The zero-order valence-electron chi connectivity index (χ0n) is 11.9. The van der Waals surface area contributed by atoms with E-state index in [4.69, 9.17) is 4.74 Å². The molecule has 1 aromatic carbocycles. The molecule has 1 aromatic rings. The maximum absolute atomic E-state index is 10.7. The third-order valence-corrected chi connectivity index (χ3v) is 3.85. The van der Waals surface area contributed by atoms with Gasteiger partial charge in [0.15, 0.2) is 0 Å². The van der Waals surface area contributed by atoms with E-state index in [2.05, 4.69) is 13.8 Å². The summed E-state index contributed by atoms with van der Waals surface area (Å²) in [6.45, 7) is 4.18. The van der Waals surface area contributed by atoms with Crippen molar-refractivity contribution in [2.24, 2.45) is 11.8 Å². The number of ether oxygens (including phenoxy) is 1. The summed E-state index contributed by atoms with van der Waals surface area (Å²) in [6.07, 6.45) is 3.33. The first-order valence-electron chi connectivity index (χ1n) is 7.04. The molecule has 1 fully saturated rings. The number of nitro groups is 1. The van der Waals surface area contributed by atoms with Gasteiger partial charge in [-0.2, -0.15) is 0 Å². The smallest absolute Gasteiger partial charge is 0.270 e. The molecule has 0 spiro atoms. The number of hydrogen-bond donors (Lipinski definition) is 1. The van der Waals surface area contributed by atoms with Crippen molar-refractivity contribution in [3.63, 3.8) is 0 Å². The van der Waals surface area contributed by atoms with Crippen molar-refractivity contribution in [1.82, 2.24) is 0 Å². The molecule has 0 heterocycles. The fraction of sp³-hybridized carbons (Fsp3) is 0.600. The van der Waals surface area contributed by atoms with Gasteiger partial charge in [-0.1, -0.05) is 13.8 Å². The van der Waals surface area contributed by atoms with Gasteiger partial charge in [0.1, 0.15) is 5.75 Å². The summed E-state index contributed by atoms with van der Waals surface area (Å²) in [7, 11) is 0. The number of benzene rings is 1. The lowest BCUT2D eigenvalue weighted by Crippen LogP contribution is -2.28. The van der Waals surface area contributed by atoms with Crippen molar-refractivity contribution in [2.45, 2.75) is 45.8 Å². The van der Waals surface area contributed by atoms with E-state index in [-0.39, 0.29) is 18.4 Å². The van der Waals surface area contributed by atoms with Gasteiger partial charge in [0.25, 0.3) is 5.69 Å². The van der Waals surface area contributed by atoms with Gasteiger partial charge >= 0.3 is 0 Å². The monoisotopic (exact) mass is 279 g/mol. The third-order valence-electron chi connectivity index (χ3n) is 3.85. The number of nitro benzene ring substituents is 1. The normalized spacial score (nSPS) is 26.2. The van der Waals surface area contributed by atoms with Crippen molar-refractivity contribution in [3.05, 3.63) is 33.9 Å². The molecule has 5 nitrogen and oxygen atoms in total. The summed E-state index contributed by atoms with van der Waals surface area (Å²) in [6, 6.07) is 4.39. The minimum absolute atomic E-state index is 0.0215. The van der Waals surface area contributed by atoms with Crippen LogP contribution in [0.3, 0.4) is 0 Å². The lowest BCUT2D eigenvalue weighted by molar-refractivity contribution is -0.385. The predicted octanol–water partition coefficient (Wildman–Crippen LogP) is 3.29. The number of aliphatic hydroxyl groups excluding tert-OH is 1. The molecule has 0 amide bonds. The highest BCUT2D eigenvalue weighted by molar-refractivity contribution is 5.43. The van der Waals surface area contributed by atoms with E-state index >= 15 is 0 Å². The predicted molar refractivity (Wildman–Crippen MR) is 75.6 cm³/mol. The van der Waals surface area contributed by atoms with E-state index in [1.54, 1.807) is 6.07 Å². The van der Waals surface area contributed by atoms with E-state index in [0.717, 1.165) is 12.8 Å². The highest BCUT2D eigenvalue weighted by atomic mass is 16.6. The molecule has 0 aromatic heterocycles. The van der Waals surface area contributed by atoms with Gasteiger partial charge in [0.05, 0.1) is 17.6 Å². The molecule has 0 saturated heterocycles. The zero-order valence-corrected chi connectivity index (χ0v) is 11.9. The molecule has 2 unspecified atom stereocenters. The Morgan fingerprint density at radius 3 is 2.50 bits per heavy atom. The Hall–Kier alpha value is -1.62. The van der Waals surface area contributed by atoms with E-state index < -0.39 is 4.92 Å². The van der Waals surface area contributed by atoms with Crippen LogP contribution in [0, 0.1) is 22.0 Å². The molecule has 110 valence electrons. The van der Waals surface area contributed by atoms with Crippen LogP contribution in [0.5, 0.6) is 5.75 Å². The molecule has 0 radical (unpaired) electrons. The molecule has 2 atom stereocenters. The molecule has 0 aliphatic heterocycles. The second-order valence-electron chi connectivity index (χ2n) is 5.86. The second-order valence-corrected chi connectivity index (χ2v) is 5.86. The first-order valence-corrected chi connectivity index (χ1v) is 7.04.